The number of hydrogen-bond acceptors (Lipinski definition) is 4. The highest BCUT2D eigenvalue weighted by Gasteiger charge is 2.05. The van der Waals surface area contributed by atoms with E-state index in [1.807, 2.05) is 12.1 Å². The van der Waals surface area contributed by atoms with Gasteiger partial charge in [-0.1, -0.05) is 37.2 Å². The second-order valence-corrected chi connectivity index (χ2v) is 4.69. The lowest BCUT2D eigenvalue weighted by molar-refractivity contribution is 0.838. The van der Waals surface area contributed by atoms with Gasteiger partial charge in [-0.15, -0.1) is 0 Å². The number of nitrogen functional groups attached to an aromatic ring is 1. The maximum absolute atomic E-state index is 7.85. The van der Waals surface area contributed by atoms with Gasteiger partial charge in [0.15, 0.2) is 0 Å². The Morgan fingerprint density at radius 2 is 1.88 bits per heavy atom. The summed E-state index contributed by atoms with van der Waals surface area (Å²) in [5, 5.41) is 16.5. The third-order valence-corrected chi connectivity index (χ3v) is 3.05. The van der Waals surface area contributed by atoms with Gasteiger partial charge in [-0.25, -0.2) is 0 Å². The molecule has 0 unspecified atom stereocenters. The largest absolute Gasteiger partial charge is 0.399 e. The Morgan fingerprint density at radius 3 is 2.44 bits per heavy atom. The quantitative estimate of drug-likeness (QED) is 0.424. The first-order valence-electron chi connectivity index (χ1n) is 5.33. The van der Waals surface area contributed by atoms with Gasteiger partial charge in [0.05, 0.1) is 5.04 Å². The van der Waals surface area contributed by atoms with Gasteiger partial charge in [0.1, 0.15) is 5.04 Å². The Bertz CT molecular complexity index is 370. The summed E-state index contributed by atoms with van der Waals surface area (Å²) in [5.74, 6) is 0. The molecule has 16 heavy (non-hydrogen) atoms. The van der Waals surface area contributed by atoms with Crippen molar-refractivity contribution in [1.29, 1.82) is 10.8 Å². The highest BCUT2D eigenvalue weighted by atomic mass is 32.2. The number of thioether (sulfide) groups is 1. The zero-order valence-corrected chi connectivity index (χ0v) is 10.2. The van der Waals surface area contributed by atoms with Crippen LogP contribution in [-0.4, -0.2) is 10.1 Å². The second kappa shape index (κ2) is 6.33. The monoisotopic (exact) mass is 235 g/mol. The Balaban J connectivity index is 2.52. The van der Waals surface area contributed by atoms with E-state index in [9.17, 15) is 0 Å². The minimum Gasteiger partial charge on any atom is -0.399 e. The van der Waals surface area contributed by atoms with Crippen molar-refractivity contribution in [2.45, 2.75) is 26.2 Å². The van der Waals surface area contributed by atoms with Gasteiger partial charge in [-0.05, 0) is 25.0 Å². The molecule has 0 bridgehead atoms. The first kappa shape index (κ1) is 12.8. The van der Waals surface area contributed by atoms with Crippen LogP contribution in [-0.2, 0) is 0 Å². The number of nitrogens with one attached hydrogen (secondary N) is 2. The average molecular weight is 235 g/mol. The Hall–Kier alpha value is -1.29. The predicted octanol–water partition coefficient (Wildman–Crippen LogP) is 3.49. The smallest absolute Gasteiger partial charge is 0.100 e. The van der Waals surface area contributed by atoms with E-state index >= 15 is 0 Å². The van der Waals surface area contributed by atoms with Crippen molar-refractivity contribution >= 4 is 27.5 Å². The van der Waals surface area contributed by atoms with Crippen LogP contribution in [0.1, 0.15) is 31.7 Å². The normalized spacial score (nSPS) is 10.1. The molecule has 0 aromatic heterocycles. The molecule has 0 amide bonds. The number of unbranched alkanes of at least 4 members (excludes halogenated alkanes) is 1. The van der Waals surface area contributed by atoms with Crippen molar-refractivity contribution < 1.29 is 0 Å². The number of nitrogens with two attached hydrogens (primary N) is 1. The Labute approximate surface area is 100 Å². The summed E-state index contributed by atoms with van der Waals surface area (Å²) < 4.78 is 0. The van der Waals surface area contributed by atoms with Crippen LogP contribution in [0.2, 0.25) is 0 Å². The van der Waals surface area contributed by atoms with Gasteiger partial charge in [0.2, 0.25) is 0 Å². The SMILES string of the molecule is CCCCC(=N)SC(=N)c1ccc(N)cc1. The summed E-state index contributed by atoms with van der Waals surface area (Å²) in [6.07, 6.45) is 2.86. The molecule has 0 saturated heterocycles. The predicted molar refractivity (Wildman–Crippen MR) is 72.5 cm³/mol. The van der Waals surface area contributed by atoms with Gasteiger partial charge in [0, 0.05) is 11.3 Å². The van der Waals surface area contributed by atoms with Crippen LogP contribution in [0.3, 0.4) is 0 Å². The number of rotatable bonds is 4. The average Bonchev–Trinajstić information content (AvgIpc) is 2.27. The van der Waals surface area contributed by atoms with Gasteiger partial charge >= 0.3 is 0 Å². The van der Waals surface area contributed by atoms with Gasteiger partial charge in [-0.2, -0.15) is 0 Å². The Kier molecular flexibility index (Phi) is 5.05. The molecule has 4 N–H and O–H groups in total. The van der Waals surface area contributed by atoms with E-state index in [0.717, 1.165) is 24.8 Å². The molecule has 3 nitrogen and oxygen atoms in total. The van der Waals surface area contributed by atoms with Crippen molar-refractivity contribution in [3.8, 4) is 0 Å². The van der Waals surface area contributed by atoms with E-state index < -0.39 is 0 Å². The minimum atomic E-state index is 0.418. The summed E-state index contributed by atoms with van der Waals surface area (Å²) >= 11 is 1.22. The molecule has 86 valence electrons. The van der Waals surface area contributed by atoms with Crippen LogP contribution >= 0.6 is 11.8 Å². The van der Waals surface area contributed by atoms with E-state index in [1.54, 1.807) is 12.1 Å². The first-order chi connectivity index (χ1) is 7.63. The summed E-state index contributed by atoms with van der Waals surface area (Å²) in [4.78, 5) is 0. The minimum absolute atomic E-state index is 0.418. The Morgan fingerprint density at radius 1 is 1.25 bits per heavy atom. The number of benzene rings is 1. The molecule has 1 aromatic rings. The zero-order valence-electron chi connectivity index (χ0n) is 9.42. The fraction of sp³-hybridized carbons (Fsp3) is 0.333. The molecule has 0 atom stereocenters. The molecule has 0 saturated carbocycles. The third kappa shape index (κ3) is 4.06. The third-order valence-electron chi connectivity index (χ3n) is 2.16. The standard InChI is InChI=1S/C12H17N3S/c1-2-3-4-11(14)16-12(15)9-5-7-10(13)8-6-9/h5-8,14-15H,2-4,13H2,1H3. The number of hydrogen-bond donors (Lipinski definition) is 3. The molecule has 1 aromatic carbocycles. The van der Waals surface area contributed by atoms with Crippen molar-refractivity contribution in [2.24, 2.45) is 0 Å². The van der Waals surface area contributed by atoms with Crippen molar-refractivity contribution in [2.75, 3.05) is 5.73 Å². The highest BCUT2D eigenvalue weighted by molar-refractivity contribution is 8.26. The summed E-state index contributed by atoms with van der Waals surface area (Å²) in [6.45, 7) is 2.10. The maximum Gasteiger partial charge on any atom is 0.100 e. The first-order valence-corrected chi connectivity index (χ1v) is 6.15. The van der Waals surface area contributed by atoms with Crippen LogP contribution in [0.25, 0.3) is 0 Å². The van der Waals surface area contributed by atoms with E-state index in [2.05, 4.69) is 6.92 Å². The highest BCUT2D eigenvalue weighted by Crippen LogP contribution is 2.17. The van der Waals surface area contributed by atoms with Gasteiger partial charge < -0.3 is 5.73 Å². The molecule has 0 radical (unpaired) electrons. The van der Waals surface area contributed by atoms with Crippen LogP contribution in [0.4, 0.5) is 5.69 Å². The molecular formula is C12H17N3S. The van der Waals surface area contributed by atoms with E-state index in [1.165, 1.54) is 11.8 Å². The van der Waals surface area contributed by atoms with E-state index in [-0.39, 0.29) is 0 Å². The van der Waals surface area contributed by atoms with Crippen molar-refractivity contribution in [3.05, 3.63) is 29.8 Å². The van der Waals surface area contributed by atoms with Crippen molar-refractivity contribution in [1.82, 2.24) is 0 Å². The lowest BCUT2D eigenvalue weighted by Crippen LogP contribution is -2.00. The maximum atomic E-state index is 7.85. The molecule has 4 heteroatoms. The lowest BCUT2D eigenvalue weighted by Gasteiger charge is -2.05. The number of anilines is 1. The molecule has 0 spiro atoms. The molecular weight excluding hydrogens is 218 g/mol. The van der Waals surface area contributed by atoms with E-state index in [4.69, 9.17) is 16.6 Å². The summed E-state index contributed by atoms with van der Waals surface area (Å²) in [7, 11) is 0. The molecule has 0 fully saturated rings. The van der Waals surface area contributed by atoms with Crippen molar-refractivity contribution in [3.63, 3.8) is 0 Å². The summed E-state index contributed by atoms with van der Waals surface area (Å²) in [5.41, 5.74) is 7.09. The molecule has 0 aliphatic carbocycles. The zero-order chi connectivity index (χ0) is 12.0. The van der Waals surface area contributed by atoms with E-state index in [0.29, 0.717) is 15.8 Å². The molecule has 0 aliphatic heterocycles. The van der Waals surface area contributed by atoms with Gasteiger partial charge in [-0.3, -0.25) is 10.8 Å². The fourth-order valence-corrected chi connectivity index (χ4v) is 1.95. The second-order valence-electron chi connectivity index (χ2n) is 3.58. The van der Waals surface area contributed by atoms with Crippen LogP contribution in [0.5, 0.6) is 0 Å². The van der Waals surface area contributed by atoms with Gasteiger partial charge in [0.25, 0.3) is 0 Å². The molecule has 0 heterocycles. The van der Waals surface area contributed by atoms with Crippen LogP contribution < -0.4 is 5.73 Å². The lowest BCUT2D eigenvalue weighted by atomic mass is 10.2. The van der Waals surface area contributed by atoms with Crippen LogP contribution in [0, 0.1) is 10.8 Å². The summed E-state index contributed by atoms with van der Waals surface area (Å²) in [6, 6.07) is 7.19. The molecule has 0 aliphatic rings. The van der Waals surface area contributed by atoms with Crippen LogP contribution in [0.15, 0.2) is 24.3 Å². The molecule has 1 rings (SSSR count). The fourth-order valence-electron chi connectivity index (χ4n) is 1.20. The topological polar surface area (TPSA) is 73.7 Å².